The van der Waals surface area contributed by atoms with E-state index in [-0.39, 0.29) is 12.3 Å². The van der Waals surface area contributed by atoms with E-state index < -0.39 is 4.92 Å². The molecule has 0 aromatic heterocycles. The van der Waals surface area contributed by atoms with E-state index >= 15 is 0 Å². The van der Waals surface area contributed by atoms with E-state index in [4.69, 9.17) is 14.6 Å². The molecule has 7 nitrogen and oxygen atoms in total. The second-order valence-electron chi connectivity index (χ2n) is 5.61. The molecule has 134 valence electrons. The molecule has 0 unspecified atom stereocenters. The van der Waals surface area contributed by atoms with E-state index in [9.17, 15) is 10.1 Å². The van der Waals surface area contributed by atoms with Crippen molar-refractivity contribution in [3.05, 3.63) is 26.7 Å². The Balaban J connectivity index is 2.09. The molecule has 1 aliphatic heterocycles. The molecule has 2 rings (SSSR count). The summed E-state index contributed by atoms with van der Waals surface area (Å²) in [5, 5.41) is 19.9. The van der Waals surface area contributed by atoms with Crippen molar-refractivity contribution in [1.82, 2.24) is 0 Å². The first-order chi connectivity index (χ1) is 11.6. The fourth-order valence-corrected chi connectivity index (χ4v) is 3.06. The molecular weight excluding hydrogens is 380 g/mol. The van der Waals surface area contributed by atoms with Gasteiger partial charge in [-0.1, -0.05) is 6.42 Å². The maximum atomic E-state index is 11.2. The van der Waals surface area contributed by atoms with Gasteiger partial charge in [0.1, 0.15) is 5.75 Å². The van der Waals surface area contributed by atoms with Crippen molar-refractivity contribution in [2.75, 3.05) is 44.4 Å². The molecule has 0 radical (unpaired) electrons. The number of anilines is 1. The third-order valence-corrected chi connectivity index (χ3v) is 4.52. The number of benzene rings is 1. The summed E-state index contributed by atoms with van der Waals surface area (Å²) in [5.74, 6) is 0.536. The molecule has 0 amide bonds. The molecule has 1 aliphatic rings. The molecule has 1 N–H and O–H groups in total. The van der Waals surface area contributed by atoms with Crippen LogP contribution in [0.2, 0.25) is 0 Å². The zero-order valence-electron chi connectivity index (χ0n) is 13.6. The molecule has 0 saturated carbocycles. The van der Waals surface area contributed by atoms with Crippen LogP contribution in [-0.2, 0) is 4.74 Å². The van der Waals surface area contributed by atoms with Crippen molar-refractivity contribution < 1.29 is 19.5 Å². The number of nitro benzene ring substituents is 1. The highest BCUT2D eigenvalue weighted by Crippen LogP contribution is 2.38. The second-order valence-corrected chi connectivity index (χ2v) is 6.47. The van der Waals surface area contributed by atoms with Crippen LogP contribution >= 0.6 is 15.9 Å². The monoisotopic (exact) mass is 402 g/mol. The Morgan fingerprint density at radius 1 is 1.25 bits per heavy atom. The van der Waals surface area contributed by atoms with Crippen molar-refractivity contribution >= 4 is 27.3 Å². The summed E-state index contributed by atoms with van der Waals surface area (Å²) in [6.07, 6.45) is 3.57. The average Bonchev–Trinajstić information content (AvgIpc) is 2.59. The van der Waals surface area contributed by atoms with Crippen LogP contribution < -0.4 is 9.64 Å². The van der Waals surface area contributed by atoms with E-state index in [1.54, 1.807) is 6.07 Å². The first-order valence-electron chi connectivity index (χ1n) is 8.17. The third-order valence-electron chi connectivity index (χ3n) is 3.89. The van der Waals surface area contributed by atoms with Crippen LogP contribution in [0.15, 0.2) is 16.6 Å². The smallest absolute Gasteiger partial charge is 0.287 e. The number of aliphatic hydroxyl groups excluding tert-OH is 1. The van der Waals surface area contributed by atoms with Gasteiger partial charge in [-0.15, -0.1) is 0 Å². The van der Waals surface area contributed by atoms with Gasteiger partial charge in [-0.25, -0.2) is 0 Å². The van der Waals surface area contributed by atoms with E-state index in [1.807, 2.05) is 0 Å². The topological polar surface area (TPSA) is 85.1 Å². The number of unbranched alkanes of at least 4 members (excludes halogenated alkanes) is 3. The molecule has 0 spiro atoms. The predicted octanol–water partition coefficient (Wildman–Crippen LogP) is 3.13. The Bertz CT molecular complexity index is 550. The van der Waals surface area contributed by atoms with E-state index in [0.717, 1.165) is 44.5 Å². The summed E-state index contributed by atoms with van der Waals surface area (Å²) in [7, 11) is 0. The highest BCUT2D eigenvalue weighted by molar-refractivity contribution is 9.10. The zero-order chi connectivity index (χ0) is 17.4. The fourth-order valence-electron chi connectivity index (χ4n) is 2.59. The van der Waals surface area contributed by atoms with Gasteiger partial charge in [0.15, 0.2) is 0 Å². The number of ether oxygens (including phenoxy) is 2. The van der Waals surface area contributed by atoms with Crippen LogP contribution in [0.3, 0.4) is 0 Å². The van der Waals surface area contributed by atoms with Gasteiger partial charge in [0.05, 0.1) is 41.0 Å². The Morgan fingerprint density at radius 2 is 1.96 bits per heavy atom. The summed E-state index contributed by atoms with van der Waals surface area (Å²) in [4.78, 5) is 12.9. The lowest BCUT2D eigenvalue weighted by atomic mass is 10.2. The fraction of sp³-hybridized carbons (Fsp3) is 0.625. The molecule has 1 aromatic rings. The largest absolute Gasteiger partial charge is 0.491 e. The van der Waals surface area contributed by atoms with Gasteiger partial charge in [0.2, 0.25) is 0 Å². The molecule has 8 heteroatoms. The van der Waals surface area contributed by atoms with Crippen LogP contribution in [0.1, 0.15) is 25.7 Å². The van der Waals surface area contributed by atoms with Gasteiger partial charge < -0.3 is 19.5 Å². The lowest BCUT2D eigenvalue weighted by molar-refractivity contribution is -0.385. The van der Waals surface area contributed by atoms with Gasteiger partial charge in [-0.05, 0) is 41.3 Å². The number of rotatable bonds is 9. The molecule has 1 aromatic carbocycles. The molecule has 0 atom stereocenters. The Hall–Kier alpha value is -1.38. The number of aliphatic hydroxyl groups is 1. The SMILES string of the molecule is O=[N+]([O-])c1cc(OCCCCCCO)c(N2CCOCC2)cc1Br. The Morgan fingerprint density at radius 3 is 2.62 bits per heavy atom. The summed E-state index contributed by atoms with van der Waals surface area (Å²) >= 11 is 3.28. The Labute approximate surface area is 149 Å². The highest BCUT2D eigenvalue weighted by atomic mass is 79.9. The quantitative estimate of drug-likeness (QED) is 0.388. The summed E-state index contributed by atoms with van der Waals surface area (Å²) in [6.45, 7) is 3.45. The number of morpholine rings is 1. The van der Waals surface area contributed by atoms with Crippen molar-refractivity contribution in [1.29, 1.82) is 0 Å². The molecule has 24 heavy (non-hydrogen) atoms. The summed E-state index contributed by atoms with van der Waals surface area (Å²) in [6, 6.07) is 3.24. The molecule has 1 heterocycles. The minimum absolute atomic E-state index is 0.00212. The second kappa shape index (κ2) is 9.80. The van der Waals surface area contributed by atoms with Crippen LogP contribution in [0.4, 0.5) is 11.4 Å². The standard InChI is InChI=1S/C16H23BrN2O5/c17-13-11-15(18-5-9-23-10-6-18)16(12-14(13)19(21)22)24-8-4-2-1-3-7-20/h11-12,20H,1-10H2. The van der Waals surface area contributed by atoms with Crippen LogP contribution in [-0.4, -0.2) is 49.5 Å². The van der Waals surface area contributed by atoms with Crippen molar-refractivity contribution in [3.63, 3.8) is 0 Å². The van der Waals surface area contributed by atoms with Gasteiger partial charge in [-0.2, -0.15) is 0 Å². The minimum atomic E-state index is -0.415. The first kappa shape index (κ1) is 19.0. The Kier molecular flexibility index (Phi) is 7.74. The van der Waals surface area contributed by atoms with E-state index in [1.165, 1.54) is 6.07 Å². The van der Waals surface area contributed by atoms with Gasteiger partial charge in [0.25, 0.3) is 5.69 Å². The maximum absolute atomic E-state index is 11.2. The highest BCUT2D eigenvalue weighted by Gasteiger charge is 2.22. The van der Waals surface area contributed by atoms with Crippen molar-refractivity contribution in [2.45, 2.75) is 25.7 Å². The van der Waals surface area contributed by atoms with Gasteiger partial charge in [0, 0.05) is 19.7 Å². The molecular formula is C16H23BrN2O5. The minimum Gasteiger partial charge on any atom is -0.491 e. The first-order valence-corrected chi connectivity index (χ1v) is 8.97. The summed E-state index contributed by atoms with van der Waals surface area (Å²) < 4.78 is 11.7. The lowest BCUT2D eigenvalue weighted by Gasteiger charge is -2.30. The maximum Gasteiger partial charge on any atom is 0.287 e. The average molecular weight is 403 g/mol. The number of hydrogen-bond acceptors (Lipinski definition) is 6. The van der Waals surface area contributed by atoms with Crippen molar-refractivity contribution in [3.8, 4) is 5.75 Å². The zero-order valence-corrected chi connectivity index (χ0v) is 15.2. The summed E-state index contributed by atoms with van der Waals surface area (Å²) in [5.41, 5.74) is 0.855. The third kappa shape index (κ3) is 5.32. The number of hydrogen-bond donors (Lipinski definition) is 1. The number of nitrogens with zero attached hydrogens (tertiary/aromatic N) is 2. The van der Waals surface area contributed by atoms with Gasteiger partial charge >= 0.3 is 0 Å². The number of nitro groups is 1. The van der Waals surface area contributed by atoms with E-state index in [2.05, 4.69) is 20.8 Å². The number of halogens is 1. The van der Waals surface area contributed by atoms with Crippen LogP contribution in [0.25, 0.3) is 0 Å². The normalized spacial score (nSPS) is 14.7. The molecule has 0 aliphatic carbocycles. The molecule has 1 fully saturated rings. The van der Waals surface area contributed by atoms with E-state index in [0.29, 0.717) is 30.0 Å². The van der Waals surface area contributed by atoms with Crippen molar-refractivity contribution in [2.24, 2.45) is 0 Å². The molecule has 0 bridgehead atoms. The lowest BCUT2D eigenvalue weighted by Crippen LogP contribution is -2.36. The predicted molar refractivity (Wildman–Crippen MR) is 94.9 cm³/mol. The van der Waals surface area contributed by atoms with Crippen LogP contribution in [0, 0.1) is 10.1 Å². The van der Waals surface area contributed by atoms with Crippen LogP contribution in [0.5, 0.6) is 5.75 Å². The molecule has 1 saturated heterocycles. The van der Waals surface area contributed by atoms with Gasteiger partial charge in [-0.3, -0.25) is 10.1 Å².